The van der Waals surface area contributed by atoms with E-state index in [0.717, 1.165) is 0 Å². The molecule has 1 saturated heterocycles. The second-order valence-electron chi connectivity index (χ2n) is 5.19. The molecule has 1 fully saturated rings. The Bertz CT molecular complexity index is 530. The number of benzene rings is 1. The zero-order valence-electron chi connectivity index (χ0n) is 11.7. The highest BCUT2D eigenvalue weighted by molar-refractivity contribution is 6.43. The van der Waals surface area contributed by atoms with Crippen LogP contribution in [0.3, 0.4) is 0 Å². The molecular weight excluding hydrogens is 318 g/mol. The molecule has 7 heteroatoms. The number of carbonyl (C=O) groups excluding carboxylic acids is 1. The number of alkyl halides is 1. The molecule has 0 bridgehead atoms. The molecule has 1 aromatic rings. The molecule has 0 aromatic heterocycles. The van der Waals surface area contributed by atoms with Crippen molar-refractivity contribution in [2.24, 2.45) is 0 Å². The summed E-state index contributed by atoms with van der Waals surface area (Å²) in [7, 11) is 1.47. The number of hydrogen-bond acceptors (Lipinski definition) is 3. The largest absolute Gasteiger partial charge is 0.381 e. The quantitative estimate of drug-likeness (QED) is 0.899. The molecule has 0 aliphatic carbocycles. The molecule has 1 aromatic carbocycles. The first kappa shape index (κ1) is 16.5. The maximum absolute atomic E-state index is 14.2. The van der Waals surface area contributed by atoms with Crippen LogP contribution in [0.25, 0.3) is 0 Å². The van der Waals surface area contributed by atoms with Crippen molar-refractivity contribution in [1.29, 1.82) is 0 Å². The third kappa shape index (κ3) is 4.30. The highest BCUT2D eigenvalue weighted by Crippen LogP contribution is 2.30. The van der Waals surface area contributed by atoms with Crippen LogP contribution >= 0.6 is 23.2 Å². The minimum Gasteiger partial charge on any atom is -0.381 e. The van der Waals surface area contributed by atoms with Crippen molar-refractivity contribution in [3.8, 4) is 0 Å². The van der Waals surface area contributed by atoms with Gasteiger partial charge in [-0.1, -0.05) is 29.3 Å². The van der Waals surface area contributed by atoms with E-state index in [4.69, 9.17) is 27.9 Å². The average molecular weight is 335 g/mol. The predicted molar refractivity (Wildman–Crippen MR) is 81.9 cm³/mol. The van der Waals surface area contributed by atoms with Crippen LogP contribution in [0, 0.1) is 0 Å². The molecule has 116 valence electrons. The van der Waals surface area contributed by atoms with E-state index in [2.05, 4.69) is 5.32 Å². The van der Waals surface area contributed by atoms with Crippen LogP contribution in [0.4, 0.5) is 10.1 Å². The molecule has 0 radical (unpaired) electrons. The molecule has 1 aliphatic heterocycles. The van der Waals surface area contributed by atoms with Gasteiger partial charge in [-0.3, -0.25) is 9.69 Å². The lowest BCUT2D eigenvalue weighted by Gasteiger charge is -2.19. The highest BCUT2D eigenvalue weighted by Gasteiger charge is 2.38. The van der Waals surface area contributed by atoms with Gasteiger partial charge in [0.1, 0.15) is 5.67 Å². The Hall–Kier alpha value is -0.880. The van der Waals surface area contributed by atoms with Crippen LogP contribution in [0.15, 0.2) is 18.2 Å². The van der Waals surface area contributed by atoms with E-state index >= 15 is 0 Å². The fraction of sp³-hybridized carbons (Fsp3) is 0.500. The number of likely N-dealkylation sites (tertiary alicyclic amines) is 1. The normalized spacial score (nSPS) is 22.5. The van der Waals surface area contributed by atoms with Crippen molar-refractivity contribution in [3.05, 3.63) is 28.2 Å². The Balaban J connectivity index is 1.90. The number of rotatable bonds is 5. The minimum absolute atomic E-state index is 0.0469. The van der Waals surface area contributed by atoms with E-state index in [9.17, 15) is 9.18 Å². The average Bonchev–Trinajstić information content (AvgIpc) is 2.76. The molecule has 1 heterocycles. The first-order chi connectivity index (χ1) is 9.93. The van der Waals surface area contributed by atoms with Crippen LogP contribution in [0.1, 0.15) is 6.42 Å². The number of ether oxygens (including phenoxy) is 1. The second-order valence-corrected chi connectivity index (χ2v) is 5.98. The fourth-order valence-electron chi connectivity index (χ4n) is 2.42. The van der Waals surface area contributed by atoms with Crippen LogP contribution in [-0.4, -0.2) is 49.8 Å². The van der Waals surface area contributed by atoms with Gasteiger partial charge in [0.25, 0.3) is 0 Å². The summed E-state index contributed by atoms with van der Waals surface area (Å²) in [6, 6.07) is 5.01. The van der Waals surface area contributed by atoms with Crippen molar-refractivity contribution in [3.63, 3.8) is 0 Å². The molecule has 1 amide bonds. The molecule has 0 spiro atoms. The van der Waals surface area contributed by atoms with Crippen LogP contribution in [-0.2, 0) is 9.53 Å². The van der Waals surface area contributed by atoms with Gasteiger partial charge in [0.15, 0.2) is 0 Å². The summed E-state index contributed by atoms with van der Waals surface area (Å²) in [6.45, 7) is 0.873. The van der Waals surface area contributed by atoms with E-state index in [0.29, 0.717) is 28.7 Å². The lowest BCUT2D eigenvalue weighted by molar-refractivity contribution is -0.117. The number of carbonyl (C=O) groups is 1. The number of hydrogen-bond donors (Lipinski definition) is 1. The summed E-state index contributed by atoms with van der Waals surface area (Å²) in [5, 5.41) is 3.36. The maximum atomic E-state index is 14.2. The molecule has 4 nitrogen and oxygen atoms in total. The van der Waals surface area contributed by atoms with Gasteiger partial charge in [-0.05, 0) is 18.6 Å². The van der Waals surface area contributed by atoms with Gasteiger partial charge in [-0.15, -0.1) is 0 Å². The summed E-state index contributed by atoms with van der Waals surface area (Å²) < 4.78 is 19.1. The van der Waals surface area contributed by atoms with Crippen LogP contribution in [0.2, 0.25) is 10.0 Å². The first-order valence-corrected chi connectivity index (χ1v) is 7.33. The predicted octanol–water partition coefficient (Wildman–Crippen LogP) is 2.99. The number of halogens is 3. The summed E-state index contributed by atoms with van der Waals surface area (Å²) in [4.78, 5) is 13.7. The van der Waals surface area contributed by atoms with Crippen molar-refractivity contribution in [2.45, 2.75) is 12.1 Å². The number of amides is 1. The summed E-state index contributed by atoms with van der Waals surface area (Å²) in [6.07, 6.45) is 0.367. The zero-order valence-corrected chi connectivity index (χ0v) is 13.2. The molecule has 1 aliphatic rings. The monoisotopic (exact) mass is 334 g/mol. The van der Waals surface area contributed by atoms with E-state index in [1.165, 1.54) is 7.11 Å². The van der Waals surface area contributed by atoms with Gasteiger partial charge in [-0.2, -0.15) is 0 Å². The smallest absolute Gasteiger partial charge is 0.238 e. The second kappa shape index (κ2) is 6.92. The van der Waals surface area contributed by atoms with Crippen molar-refractivity contribution < 1.29 is 13.9 Å². The van der Waals surface area contributed by atoms with E-state index < -0.39 is 5.67 Å². The lowest BCUT2D eigenvalue weighted by Crippen LogP contribution is -2.36. The fourth-order valence-corrected chi connectivity index (χ4v) is 2.77. The molecule has 21 heavy (non-hydrogen) atoms. The summed E-state index contributed by atoms with van der Waals surface area (Å²) >= 11 is 11.9. The number of methoxy groups -OCH3 is 1. The van der Waals surface area contributed by atoms with Crippen molar-refractivity contribution >= 4 is 34.8 Å². The summed E-state index contributed by atoms with van der Waals surface area (Å²) in [5.41, 5.74) is -0.917. The van der Waals surface area contributed by atoms with E-state index in [1.54, 1.807) is 23.1 Å². The molecule has 1 atom stereocenters. The van der Waals surface area contributed by atoms with E-state index in [-0.39, 0.29) is 25.6 Å². The molecule has 2 rings (SSSR count). The summed E-state index contributed by atoms with van der Waals surface area (Å²) in [5.74, 6) is -0.249. The zero-order chi connectivity index (χ0) is 15.5. The molecular formula is C14H17Cl2FN2O2. The van der Waals surface area contributed by atoms with E-state index in [1.807, 2.05) is 0 Å². The van der Waals surface area contributed by atoms with Crippen LogP contribution < -0.4 is 5.32 Å². The Morgan fingerprint density at radius 1 is 1.52 bits per heavy atom. The first-order valence-electron chi connectivity index (χ1n) is 6.57. The van der Waals surface area contributed by atoms with Gasteiger partial charge >= 0.3 is 0 Å². The van der Waals surface area contributed by atoms with Gasteiger partial charge < -0.3 is 10.1 Å². The third-order valence-corrected chi connectivity index (χ3v) is 4.20. The Labute approximate surface area is 133 Å². The Kier molecular flexibility index (Phi) is 5.43. The topological polar surface area (TPSA) is 41.6 Å². The molecule has 0 saturated carbocycles. The SMILES string of the molecule is COCC1(F)CCN(CC(=O)Nc2cccc(Cl)c2Cl)C1. The number of nitrogens with one attached hydrogen (secondary N) is 1. The standard InChI is InChI=1S/C14H17Cl2FN2O2/c1-21-9-14(17)5-6-19(8-14)7-12(20)18-11-4-2-3-10(15)13(11)16/h2-4H,5-9H2,1H3,(H,18,20). The third-order valence-electron chi connectivity index (χ3n) is 3.38. The molecule has 1 unspecified atom stereocenters. The number of anilines is 1. The van der Waals surface area contributed by atoms with Crippen LogP contribution in [0.5, 0.6) is 0 Å². The van der Waals surface area contributed by atoms with Gasteiger partial charge in [0.2, 0.25) is 5.91 Å². The van der Waals surface area contributed by atoms with Crippen molar-refractivity contribution in [1.82, 2.24) is 4.90 Å². The number of nitrogens with zero attached hydrogens (tertiary/aromatic N) is 1. The Morgan fingerprint density at radius 3 is 3.00 bits per heavy atom. The Morgan fingerprint density at radius 2 is 2.29 bits per heavy atom. The highest BCUT2D eigenvalue weighted by atomic mass is 35.5. The van der Waals surface area contributed by atoms with Gasteiger partial charge in [0, 0.05) is 20.2 Å². The lowest BCUT2D eigenvalue weighted by atomic mass is 10.1. The maximum Gasteiger partial charge on any atom is 0.238 e. The molecule has 1 N–H and O–H groups in total. The van der Waals surface area contributed by atoms with Crippen molar-refractivity contribution in [2.75, 3.05) is 38.7 Å². The van der Waals surface area contributed by atoms with Gasteiger partial charge in [0.05, 0.1) is 28.9 Å². The minimum atomic E-state index is -1.37. The van der Waals surface area contributed by atoms with Gasteiger partial charge in [-0.25, -0.2) is 4.39 Å².